The van der Waals surface area contributed by atoms with E-state index in [1.54, 1.807) is 18.2 Å². The van der Waals surface area contributed by atoms with Crippen molar-refractivity contribution in [1.29, 1.82) is 0 Å². The average molecular weight is 461 g/mol. The van der Waals surface area contributed by atoms with Crippen LogP contribution in [-0.2, 0) is 29.2 Å². The number of hydrogen-bond donors (Lipinski definition) is 0. The first kappa shape index (κ1) is 21.2. The van der Waals surface area contributed by atoms with E-state index in [2.05, 4.69) is 0 Å². The summed E-state index contributed by atoms with van der Waals surface area (Å²) >= 11 is 0. The lowest BCUT2D eigenvalue weighted by atomic mass is 10.1. The predicted octanol–water partition coefficient (Wildman–Crippen LogP) is 3.67. The van der Waals surface area contributed by atoms with E-state index >= 15 is 4.39 Å². The molecule has 0 amide bonds. The lowest BCUT2D eigenvalue weighted by Crippen LogP contribution is -2.48. The van der Waals surface area contributed by atoms with Crippen LogP contribution in [0.3, 0.4) is 0 Å². The summed E-state index contributed by atoms with van der Waals surface area (Å²) in [5.74, 6) is -1.02. The number of halogens is 1. The Morgan fingerprint density at radius 2 is 1.45 bits per heavy atom. The van der Waals surface area contributed by atoms with Gasteiger partial charge in [-0.3, -0.25) is 4.79 Å². The molecule has 31 heavy (non-hydrogen) atoms. The second kappa shape index (κ2) is 7.28. The summed E-state index contributed by atoms with van der Waals surface area (Å²) in [6, 6.07) is 17.3. The Morgan fingerprint density at radius 1 is 0.903 bits per heavy atom. The lowest BCUT2D eigenvalue weighted by Gasteiger charge is -2.25. The summed E-state index contributed by atoms with van der Waals surface area (Å²) in [7, 11) is -10.0. The van der Waals surface area contributed by atoms with Gasteiger partial charge in [0.25, 0.3) is 0 Å². The smallest absolute Gasteiger partial charge is 0.357 e. The molecule has 0 aliphatic carbocycles. The molecule has 0 saturated heterocycles. The van der Waals surface area contributed by atoms with Crippen LogP contribution in [0, 0.1) is 0 Å². The molecule has 1 aliphatic rings. The van der Waals surface area contributed by atoms with Gasteiger partial charge in [0.2, 0.25) is 19.7 Å². The van der Waals surface area contributed by atoms with Crippen molar-refractivity contribution >= 4 is 42.5 Å². The predicted molar refractivity (Wildman–Crippen MR) is 113 cm³/mol. The molecule has 0 aromatic heterocycles. The minimum Gasteiger partial charge on any atom is -0.452 e. The normalized spacial score (nSPS) is 19.2. The molecule has 9 heteroatoms. The molecule has 0 bridgehead atoms. The topological polar surface area (TPSA) is 94.6 Å². The minimum absolute atomic E-state index is 0.546. The molecule has 0 fully saturated rings. The van der Waals surface area contributed by atoms with Crippen LogP contribution in [0.1, 0.15) is 12.5 Å². The van der Waals surface area contributed by atoms with E-state index < -0.39 is 45.9 Å². The van der Waals surface area contributed by atoms with Gasteiger partial charge in [0.05, 0.1) is 9.79 Å². The maximum atomic E-state index is 16.1. The molecule has 1 atom stereocenters. The molecule has 0 N–H and O–H groups in total. The van der Waals surface area contributed by atoms with E-state index in [4.69, 9.17) is 4.74 Å². The van der Waals surface area contributed by atoms with Crippen molar-refractivity contribution in [3.05, 3.63) is 78.4 Å². The van der Waals surface area contributed by atoms with Crippen LogP contribution in [-0.4, -0.2) is 33.2 Å². The number of carbonyl (C=O) groups excluding carboxylic acids is 1. The van der Waals surface area contributed by atoms with Crippen molar-refractivity contribution < 1.29 is 30.8 Å². The number of fused-ring (bicyclic) bond motifs is 2. The first-order valence-corrected chi connectivity index (χ1v) is 12.2. The molecule has 0 saturated carbocycles. The number of alkyl halides is 1. The maximum Gasteiger partial charge on any atom is 0.357 e. The second-order valence-electron chi connectivity index (χ2n) is 7.03. The Labute approximate surface area is 178 Å². The zero-order valence-corrected chi connectivity index (χ0v) is 17.9. The molecule has 1 unspecified atom stereocenters. The summed E-state index contributed by atoms with van der Waals surface area (Å²) in [6.45, 7) is 0.946. The molecule has 6 nitrogen and oxygen atoms in total. The Hall–Kier alpha value is -3.04. The van der Waals surface area contributed by atoms with Crippen LogP contribution >= 0.6 is 0 Å². The zero-order chi connectivity index (χ0) is 22.4. The summed E-state index contributed by atoms with van der Waals surface area (Å²) in [6.07, 6.45) is 0.0703. The van der Waals surface area contributed by atoms with E-state index in [9.17, 15) is 21.6 Å². The van der Waals surface area contributed by atoms with Crippen LogP contribution in [0.5, 0.6) is 0 Å². The molecule has 160 valence electrons. The Morgan fingerprint density at radius 3 is 2.03 bits per heavy atom. The van der Waals surface area contributed by atoms with Crippen molar-refractivity contribution in [2.75, 3.05) is 0 Å². The highest BCUT2D eigenvalue weighted by atomic mass is 32.3. The first-order valence-electron chi connectivity index (χ1n) is 9.20. The van der Waals surface area contributed by atoms with Gasteiger partial charge in [0, 0.05) is 6.92 Å². The molecule has 4 rings (SSSR count). The molecule has 1 aliphatic heterocycles. The number of sulfone groups is 2. The van der Waals surface area contributed by atoms with Crippen LogP contribution in [0.2, 0.25) is 0 Å². The van der Waals surface area contributed by atoms with E-state index in [1.165, 1.54) is 18.2 Å². The fourth-order valence-electron chi connectivity index (χ4n) is 3.56. The number of esters is 1. The van der Waals surface area contributed by atoms with E-state index in [0.29, 0.717) is 5.56 Å². The summed E-state index contributed by atoms with van der Waals surface area (Å²) in [4.78, 5) is 10.3. The Bertz CT molecular complexity index is 1390. The number of rotatable bonds is 4. The largest absolute Gasteiger partial charge is 0.452 e. The van der Waals surface area contributed by atoms with Crippen molar-refractivity contribution in [1.82, 2.24) is 0 Å². The Kier molecular flexibility index (Phi) is 4.98. The number of benzene rings is 3. The summed E-state index contributed by atoms with van der Waals surface area (Å²) in [5.41, 5.74) is 0.546. The lowest BCUT2D eigenvalue weighted by molar-refractivity contribution is -0.146. The molecular formula is C22H17FO6S2. The molecule has 0 radical (unpaired) electrons. The monoisotopic (exact) mass is 460 g/mol. The highest BCUT2D eigenvalue weighted by molar-refractivity contribution is 8.12. The molecule has 3 aromatic rings. The molecule has 3 aromatic carbocycles. The van der Waals surface area contributed by atoms with Gasteiger partial charge in [-0.05, 0) is 40.6 Å². The van der Waals surface area contributed by atoms with Gasteiger partial charge in [-0.2, -0.15) is 0 Å². The molecule has 0 spiro atoms. The van der Waals surface area contributed by atoms with Crippen LogP contribution in [0.25, 0.3) is 16.8 Å². The third-order valence-corrected chi connectivity index (χ3v) is 10.3. The van der Waals surface area contributed by atoms with Crippen molar-refractivity contribution in [3.63, 3.8) is 0 Å². The highest BCUT2D eigenvalue weighted by Crippen LogP contribution is 2.49. The number of carbonyl (C=O) groups is 1. The summed E-state index contributed by atoms with van der Waals surface area (Å²) < 4.78 is 68.9. The van der Waals surface area contributed by atoms with Gasteiger partial charge >= 0.3 is 10.3 Å². The van der Waals surface area contributed by atoms with E-state index in [0.717, 1.165) is 35.9 Å². The van der Waals surface area contributed by atoms with Crippen molar-refractivity contribution in [2.45, 2.75) is 27.2 Å². The first-order chi connectivity index (χ1) is 14.6. The average Bonchev–Trinajstić information content (AvgIpc) is 2.86. The van der Waals surface area contributed by atoms with Gasteiger partial charge in [0.15, 0.2) is 6.10 Å². The quantitative estimate of drug-likeness (QED) is 0.552. The highest BCUT2D eigenvalue weighted by Gasteiger charge is 2.69. The fourth-order valence-corrected chi connectivity index (χ4v) is 8.56. The number of ether oxygens (including phenoxy) is 1. The second-order valence-corrected chi connectivity index (χ2v) is 11.4. The van der Waals surface area contributed by atoms with Gasteiger partial charge in [-0.1, -0.05) is 54.6 Å². The molecular weight excluding hydrogens is 443 g/mol. The van der Waals surface area contributed by atoms with Crippen LogP contribution in [0.15, 0.2) is 82.6 Å². The van der Waals surface area contributed by atoms with Crippen LogP contribution in [0.4, 0.5) is 4.39 Å². The van der Waals surface area contributed by atoms with Crippen LogP contribution < -0.4 is 0 Å². The SMILES string of the molecule is CC(=O)OC(/C=C/c1ccc2ccccc2c1)C1(F)S(=O)(=O)c2ccccc2S1(=O)=O. The number of hydrogen-bond acceptors (Lipinski definition) is 6. The molecule has 1 heterocycles. The van der Waals surface area contributed by atoms with Gasteiger partial charge in [-0.15, -0.1) is 0 Å². The minimum atomic E-state index is -5.02. The summed E-state index contributed by atoms with van der Waals surface area (Å²) in [5, 5.41) is 1.83. The third-order valence-electron chi connectivity index (χ3n) is 5.03. The van der Waals surface area contributed by atoms with Crippen molar-refractivity contribution in [2.24, 2.45) is 0 Å². The van der Waals surface area contributed by atoms with E-state index in [1.807, 2.05) is 24.3 Å². The Balaban J connectivity index is 1.84. The van der Waals surface area contributed by atoms with Gasteiger partial charge in [-0.25, -0.2) is 21.2 Å². The van der Waals surface area contributed by atoms with Crippen molar-refractivity contribution in [3.8, 4) is 0 Å². The standard InChI is InChI=1S/C22H17FO6S2/c1-15(24)29-21(13-11-16-10-12-17-6-2-3-7-18(17)14-16)22(23)30(25,26)19-8-4-5-9-20(19)31(22,27)28/h2-14,21H,1H3/b13-11+. The van der Waals surface area contributed by atoms with Gasteiger partial charge in [0.1, 0.15) is 0 Å². The maximum absolute atomic E-state index is 16.1. The van der Waals surface area contributed by atoms with E-state index in [-0.39, 0.29) is 0 Å². The third kappa shape index (κ3) is 3.16. The fraction of sp³-hybridized carbons (Fsp3) is 0.136. The zero-order valence-electron chi connectivity index (χ0n) is 16.2. The van der Waals surface area contributed by atoms with Gasteiger partial charge < -0.3 is 4.74 Å².